The molecule has 0 radical (unpaired) electrons. The van der Waals surface area contributed by atoms with Crippen molar-refractivity contribution in [3.8, 4) is 5.75 Å². The van der Waals surface area contributed by atoms with Gasteiger partial charge >= 0.3 is 6.09 Å². The number of amides is 1. The van der Waals surface area contributed by atoms with Crippen LogP contribution in [0.2, 0.25) is 0 Å². The maximum atomic E-state index is 12.4. The number of nitrogens with one attached hydrogen (secondary N) is 3. The van der Waals surface area contributed by atoms with Gasteiger partial charge in [0.2, 0.25) is 5.56 Å². The Labute approximate surface area is 274 Å². The zero-order valence-corrected chi connectivity index (χ0v) is 27.3. The molecule has 1 fully saturated rings. The summed E-state index contributed by atoms with van der Waals surface area (Å²) in [5, 5.41) is 44.1. The molecule has 6 N–H and O–H groups in total. The number of hydrogen-bond donors (Lipinski definition) is 6. The Morgan fingerprint density at radius 2 is 1.91 bits per heavy atom. The van der Waals surface area contributed by atoms with Gasteiger partial charge in [0.1, 0.15) is 5.75 Å². The van der Waals surface area contributed by atoms with Crippen molar-refractivity contribution >= 4 is 33.7 Å². The Kier molecular flexibility index (Phi) is 11.7. The highest BCUT2D eigenvalue weighted by atomic mass is 16.5. The molecule has 5 rings (SSSR count). The molecule has 47 heavy (non-hydrogen) atoms. The monoisotopic (exact) mass is 649 g/mol. The number of pyridine rings is 2. The molecule has 4 heterocycles. The maximum absolute atomic E-state index is 12.4. The summed E-state index contributed by atoms with van der Waals surface area (Å²) in [5.74, 6) is -0.0392. The van der Waals surface area contributed by atoms with Gasteiger partial charge in [-0.25, -0.2) is 14.5 Å². The first-order chi connectivity index (χ1) is 22.8. The predicted molar refractivity (Wildman–Crippen MR) is 181 cm³/mol. The number of aromatic nitrogens is 4. The lowest BCUT2D eigenvalue weighted by molar-refractivity contribution is 0.0904. The number of phenolic OH excluding ortho intramolecular Hbond substituents is 1. The molecule has 1 amide bonds. The van der Waals surface area contributed by atoms with Crippen molar-refractivity contribution < 1.29 is 24.9 Å². The van der Waals surface area contributed by atoms with E-state index in [1.807, 2.05) is 17.8 Å². The minimum absolute atomic E-state index is 0.0392. The number of aryl methyl sites for hydroxylation is 2. The van der Waals surface area contributed by atoms with Crippen LogP contribution in [0.15, 0.2) is 35.3 Å². The highest BCUT2D eigenvalue weighted by Crippen LogP contribution is 2.32. The Bertz CT molecular complexity index is 1710. The van der Waals surface area contributed by atoms with Crippen molar-refractivity contribution in [3.05, 3.63) is 57.6 Å². The third kappa shape index (κ3) is 8.21. The number of unbranched alkanes of at least 4 members (excludes halogenated alkanes) is 3. The minimum Gasteiger partial charge on any atom is -0.506 e. The smallest absolute Gasteiger partial charge is 0.407 e. The van der Waals surface area contributed by atoms with E-state index in [9.17, 15) is 24.9 Å². The average molecular weight is 650 g/mol. The third-order valence-corrected chi connectivity index (χ3v) is 8.93. The van der Waals surface area contributed by atoms with Crippen LogP contribution in [0.1, 0.15) is 75.3 Å². The molecule has 0 unspecified atom stereocenters. The molecule has 1 aromatic carbocycles. The van der Waals surface area contributed by atoms with Gasteiger partial charge in [-0.3, -0.25) is 4.79 Å². The highest BCUT2D eigenvalue weighted by molar-refractivity contribution is 5.92. The Morgan fingerprint density at radius 3 is 2.66 bits per heavy atom. The molecule has 0 spiro atoms. The first kappa shape index (κ1) is 34.1. The molecule has 1 atom stereocenters. The van der Waals surface area contributed by atoms with Crippen LogP contribution < -0.4 is 16.2 Å². The fraction of sp³-hybridized carbons (Fsp3) is 0.529. The largest absolute Gasteiger partial charge is 0.506 e. The second-order valence-corrected chi connectivity index (χ2v) is 12.1. The first-order valence-electron chi connectivity index (χ1n) is 16.7. The number of aromatic amines is 1. The number of hydrogen-bond acceptors (Lipinski definition) is 9. The Balaban J connectivity index is 1.14. The van der Waals surface area contributed by atoms with Crippen molar-refractivity contribution in [2.24, 2.45) is 0 Å². The number of H-pyrrole nitrogens is 1. The number of benzene rings is 1. The van der Waals surface area contributed by atoms with Gasteiger partial charge in [-0.2, -0.15) is 5.10 Å². The van der Waals surface area contributed by atoms with Crippen LogP contribution in [-0.2, 0) is 24.2 Å². The first-order valence-corrected chi connectivity index (χ1v) is 16.7. The lowest BCUT2D eigenvalue weighted by Gasteiger charge is -2.28. The summed E-state index contributed by atoms with van der Waals surface area (Å²) in [4.78, 5) is 33.1. The molecule has 13 heteroatoms. The van der Waals surface area contributed by atoms with Crippen LogP contribution in [0.3, 0.4) is 0 Å². The van der Waals surface area contributed by atoms with Crippen LogP contribution in [0.5, 0.6) is 5.75 Å². The van der Waals surface area contributed by atoms with Gasteiger partial charge in [0.05, 0.1) is 35.4 Å². The number of ether oxygens (including phenoxy) is 1. The second kappa shape index (κ2) is 16.1. The summed E-state index contributed by atoms with van der Waals surface area (Å²) in [5.41, 5.74) is 4.17. The number of nitrogens with zero attached hydrogens (tertiary/aromatic N) is 4. The van der Waals surface area contributed by atoms with E-state index in [1.165, 1.54) is 17.0 Å². The van der Waals surface area contributed by atoms with E-state index < -0.39 is 12.2 Å². The molecular weight excluding hydrogens is 602 g/mol. The number of aromatic hydroxyl groups is 1. The van der Waals surface area contributed by atoms with Gasteiger partial charge in [-0.05, 0) is 63.3 Å². The zero-order chi connectivity index (χ0) is 33.3. The number of carboxylic acid groups (broad SMARTS) is 1. The SMILES string of the molecule is CCc1nc2c(cnn2CC)c(NC2CCOCC2)c1CN(CCCCCCNC[C@H](O)c1ccc(O)c2[nH]c(=O)ccc12)C(=O)O. The summed E-state index contributed by atoms with van der Waals surface area (Å²) in [6.07, 6.45) is 5.94. The van der Waals surface area contributed by atoms with E-state index in [2.05, 4.69) is 27.6 Å². The molecule has 4 aromatic rings. The van der Waals surface area contributed by atoms with Crippen LogP contribution in [0, 0.1) is 0 Å². The lowest BCUT2D eigenvalue weighted by Crippen LogP contribution is -2.32. The van der Waals surface area contributed by atoms with Gasteiger partial charge in [-0.1, -0.05) is 25.8 Å². The number of rotatable bonds is 16. The summed E-state index contributed by atoms with van der Waals surface area (Å²) < 4.78 is 7.45. The zero-order valence-electron chi connectivity index (χ0n) is 27.3. The van der Waals surface area contributed by atoms with Gasteiger partial charge < -0.3 is 40.6 Å². The van der Waals surface area contributed by atoms with Gasteiger partial charge in [-0.15, -0.1) is 0 Å². The number of carbonyl (C=O) groups is 1. The van der Waals surface area contributed by atoms with E-state index in [4.69, 9.17) is 9.72 Å². The van der Waals surface area contributed by atoms with Crippen LogP contribution in [0.4, 0.5) is 10.5 Å². The van der Waals surface area contributed by atoms with Gasteiger partial charge in [0.15, 0.2) is 5.65 Å². The van der Waals surface area contributed by atoms with Crippen LogP contribution in [0.25, 0.3) is 21.9 Å². The Hall–Kier alpha value is -4.20. The summed E-state index contributed by atoms with van der Waals surface area (Å²) in [6, 6.07) is 6.35. The van der Waals surface area contributed by atoms with E-state index in [0.717, 1.165) is 66.5 Å². The molecular formula is C34H47N7O6. The fourth-order valence-electron chi connectivity index (χ4n) is 6.32. The summed E-state index contributed by atoms with van der Waals surface area (Å²) in [6.45, 7) is 7.89. The lowest BCUT2D eigenvalue weighted by atomic mass is 10.0. The maximum Gasteiger partial charge on any atom is 0.407 e. The molecule has 1 aliphatic rings. The van der Waals surface area contributed by atoms with Gasteiger partial charge in [0.25, 0.3) is 0 Å². The molecule has 13 nitrogen and oxygen atoms in total. The normalized spacial score (nSPS) is 14.5. The number of aliphatic hydroxyl groups is 1. The van der Waals surface area contributed by atoms with E-state index in [1.54, 1.807) is 12.1 Å². The molecule has 0 aliphatic carbocycles. The number of anilines is 1. The molecule has 3 aromatic heterocycles. The van der Waals surface area contributed by atoms with E-state index in [0.29, 0.717) is 62.3 Å². The third-order valence-electron chi connectivity index (χ3n) is 8.93. The van der Waals surface area contributed by atoms with Crippen molar-refractivity contribution in [1.29, 1.82) is 0 Å². The number of phenols is 1. The topological polar surface area (TPSA) is 178 Å². The fourth-order valence-corrected chi connectivity index (χ4v) is 6.32. The highest BCUT2D eigenvalue weighted by Gasteiger charge is 2.24. The Morgan fingerprint density at radius 1 is 1.13 bits per heavy atom. The molecule has 1 aliphatic heterocycles. The van der Waals surface area contributed by atoms with E-state index >= 15 is 0 Å². The summed E-state index contributed by atoms with van der Waals surface area (Å²) >= 11 is 0. The van der Waals surface area contributed by atoms with Crippen molar-refractivity contribution in [1.82, 2.24) is 30.0 Å². The van der Waals surface area contributed by atoms with Crippen molar-refractivity contribution in [2.45, 2.75) is 84.0 Å². The quantitative estimate of drug-likeness (QED) is 0.0946. The van der Waals surface area contributed by atoms with Crippen LogP contribution >= 0.6 is 0 Å². The number of fused-ring (bicyclic) bond motifs is 2. The average Bonchev–Trinajstić information content (AvgIpc) is 3.49. The van der Waals surface area contributed by atoms with Crippen molar-refractivity contribution in [3.63, 3.8) is 0 Å². The molecule has 1 saturated heterocycles. The van der Waals surface area contributed by atoms with Crippen molar-refractivity contribution in [2.75, 3.05) is 38.2 Å². The molecule has 0 bridgehead atoms. The standard InChI is InChI=1S/C34H47N7O6/c1-3-27-26(31(37-22-13-17-47-18-14-22)25-19-36-41(4-2)33(25)38-27)21-40(34(45)46)16-8-6-5-7-15-35-20-29(43)23-9-11-28(42)32-24(23)10-12-30(44)39-32/h9-12,19,22,29,35,42-43H,3-8,13-18,20-21H2,1-2H3,(H,37,38)(H,39,44)(H,45,46)/t29-/m0/s1. The van der Waals surface area contributed by atoms with Gasteiger partial charge in [0, 0.05) is 61.6 Å². The predicted octanol–water partition coefficient (Wildman–Crippen LogP) is 4.52. The summed E-state index contributed by atoms with van der Waals surface area (Å²) in [7, 11) is 0. The minimum atomic E-state index is -0.949. The van der Waals surface area contributed by atoms with Crippen LogP contribution in [-0.4, -0.2) is 85.0 Å². The van der Waals surface area contributed by atoms with E-state index in [-0.39, 0.29) is 23.9 Å². The molecule has 0 saturated carbocycles. The second-order valence-electron chi connectivity index (χ2n) is 12.1. The molecule has 254 valence electrons. The number of aliphatic hydroxyl groups excluding tert-OH is 1.